The zero-order valence-electron chi connectivity index (χ0n) is 10.8. The lowest BCUT2D eigenvalue weighted by Gasteiger charge is -2.32. The number of ether oxygens (including phenoxy) is 2. The highest BCUT2D eigenvalue weighted by Crippen LogP contribution is 2.31. The fourth-order valence-corrected chi connectivity index (χ4v) is 2.34. The van der Waals surface area contributed by atoms with E-state index in [2.05, 4.69) is 32.9 Å². The molecule has 16 heavy (non-hydrogen) atoms. The van der Waals surface area contributed by atoms with Gasteiger partial charge in [0.25, 0.3) is 0 Å². The maximum atomic E-state index is 5.79. The quantitative estimate of drug-likeness (QED) is 0.794. The van der Waals surface area contributed by atoms with Crippen LogP contribution in [0.1, 0.15) is 22.3 Å². The van der Waals surface area contributed by atoms with Crippen molar-refractivity contribution in [3.8, 4) is 0 Å². The summed E-state index contributed by atoms with van der Waals surface area (Å²) in [7, 11) is 3.24. The van der Waals surface area contributed by atoms with Gasteiger partial charge in [0.15, 0.2) is 0 Å². The van der Waals surface area contributed by atoms with Crippen LogP contribution in [0.25, 0.3) is 0 Å². The predicted molar refractivity (Wildman–Crippen MR) is 65.4 cm³/mol. The molecule has 90 valence electrons. The van der Waals surface area contributed by atoms with Crippen molar-refractivity contribution in [3.05, 3.63) is 34.4 Å². The second kappa shape index (κ2) is 4.95. The highest BCUT2D eigenvalue weighted by atomic mass is 16.7. The summed E-state index contributed by atoms with van der Waals surface area (Å²) in [5.74, 6) is -0.831. The van der Waals surface area contributed by atoms with Crippen molar-refractivity contribution in [1.29, 1.82) is 0 Å². The van der Waals surface area contributed by atoms with Gasteiger partial charge in [0.2, 0.25) is 5.79 Å². The van der Waals surface area contributed by atoms with Crippen molar-refractivity contribution < 1.29 is 9.47 Å². The monoisotopic (exact) mass is 223 g/mol. The van der Waals surface area contributed by atoms with E-state index in [1.807, 2.05) is 0 Å². The molecule has 0 amide bonds. The summed E-state index contributed by atoms with van der Waals surface area (Å²) in [6.45, 7) is 6.48. The lowest BCUT2D eigenvalue weighted by molar-refractivity contribution is -0.208. The smallest absolute Gasteiger partial charge is 0.207 e. The van der Waals surface area contributed by atoms with Gasteiger partial charge in [-0.1, -0.05) is 17.7 Å². The van der Waals surface area contributed by atoms with Crippen molar-refractivity contribution in [2.75, 3.05) is 20.8 Å². The van der Waals surface area contributed by atoms with Crippen molar-refractivity contribution in [1.82, 2.24) is 0 Å². The van der Waals surface area contributed by atoms with Gasteiger partial charge < -0.3 is 15.2 Å². The molecule has 0 aliphatic heterocycles. The van der Waals surface area contributed by atoms with Gasteiger partial charge in [-0.15, -0.1) is 0 Å². The number of methoxy groups -OCH3 is 2. The maximum Gasteiger partial charge on any atom is 0.207 e. The van der Waals surface area contributed by atoms with Crippen LogP contribution in [-0.4, -0.2) is 20.8 Å². The minimum Gasteiger partial charge on any atom is -0.348 e. The molecule has 0 heterocycles. The van der Waals surface area contributed by atoms with Gasteiger partial charge in [-0.05, 0) is 31.9 Å². The summed E-state index contributed by atoms with van der Waals surface area (Å²) in [6.07, 6.45) is 0. The third kappa shape index (κ3) is 2.12. The average Bonchev–Trinajstić information content (AvgIpc) is 2.23. The molecule has 1 rings (SSSR count). The molecule has 0 aromatic heterocycles. The third-order valence-electron chi connectivity index (χ3n) is 2.99. The molecule has 0 saturated heterocycles. The van der Waals surface area contributed by atoms with E-state index in [-0.39, 0.29) is 0 Å². The van der Waals surface area contributed by atoms with E-state index >= 15 is 0 Å². The van der Waals surface area contributed by atoms with Gasteiger partial charge >= 0.3 is 0 Å². The molecule has 0 bridgehead atoms. The van der Waals surface area contributed by atoms with Crippen LogP contribution in [0.2, 0.25) is 0 Å². The average molecular weight is 223 g/mol. The molecule has 0 spiro atoms. The largest absolute Gasteiger partial charge is 0.348 e. The van der Waals surface area contributed by atoms with Crippen molar-refractivity contribution in [2.24, 2.45) is 5.73 Å². The van der Waals surface area contributed by atoms with E-state index < -0.39 is 5.79 Å². The molecule has 0 atom stereocenters. The van der Waals surface area contributed by atoms with Crippen LogP contribution >= 0.6 is 0 Å². The van der Waals surface area contributed by atoms with Crippen LogP contribution in [0.3, 0.4) is 0 Å². The Morgan fingerprint density at radius 2 is 1.50 bits per heavy atom. The topological polar surface area (TPSA) is 44.5 Å². The summed E-state index contributed by atoms with van der Waals surface area (Å²) in [6, 6.07) is 4.23. The molecular formula is C13H21NO2. The molecule has 0 aliphatic carbocycles. The second-order valence-electron chi connectivity index (χ2n) is 4.14. The van der Waals surface area contributed by atoms with E-state index in [9.17, 15) is 0 Å². The fourth-order valence-electron chi connectivity index (χ4n) is 2.34. The van der Waals surface area contributed by atoms with E-state index in [1.165, 1.54) is 5.56 Å². The molecule has 0 radical (unpaired) electrons. The van der Waals surface area contributed by atoms with E-state index in [4.69, 9.17) is 15.2 Å². The van der Waals surface area contributed by atoms with Gasteiger partial charge in [0.1, 0.15) is 0 Å². The molecule has 1 aromatic rings. The molecule has 0 fully saturated rings. The van der Waals surface area contributed by atoms with Crippen molar-refractivity contribution in [2.45, 2.75) is 26.6 Å². The third-order valence-corrected chi connectivity index (χ3v) is 2.99. The van der Waals surface area contributed by atoms with Gasteiger partial charge in [0, 0.05) is 19.8 Å². The van der Waals surface area contributed by atoms with E-state index in [0.717, 1.165) is 16.7 Å². The van der Waals surface area contributed by atoms with Crippen LogP contribution in [-0.2, 0) is 15.3 Å². The number of rotatable bonds is 4. The fraction of sp³-hybridized carbons (Fsp3) is 0.538. The predicted octanol–water partition coefficient (Wildman–Crippen LogP) is 2.02. The van der Waals surface area contributed by atoms with E-state index in [1.54, 1.807) is 14.2 Å². The summed E-state index contributed by atoms with van der Waals surface area (Å²) < 4.78 is 11.0. The number of hydrogen-bond acceptors (Lipinski definition) is 3. The first kappa shape index (κ1) is 13.2. The molecule has 2 N–H and O–H groups in total. The summed E-state index contributed by atoms with van der Waals surface area (Å²) in [4.78, 5) is 0. The van der Waals surface area contributed by atoms with Gasteiger partial charge in [-0.3, -0.25) is 0 Å². The molecule has 0 aliphatic rings. The van der Waals surface area contributed by atoms with Crippen LogP contribution < -0.4 is 5.73 Å². The highest BCUT2D eigenvalue weighted by Gasteiger charge is 2.33. The molecule has 3 nitrogen and oxygen atoms in total. The Hall–Kier alpha value is -0.900. The number of nitrogens with two attached hydrogens (primary N) is 1. The van der Waals surface area contributed by atoms with E-state index in [0.29, 0.717) is 6.54 Å². The molecule has 3 heteroatoms. The Kier molecular flexibility index (Phi) is 4.08. The molecule has 1 aromatic carbocycles. The second-order valence-corrected chi connectivity index (χ2v) is 4.14. The first-order valence-corrected chi connectivity index (χ1v) is 5.39. The van der Waals surface area contributed by atoms with Gasteiger partial charge in [-0.25, -0.2) is 0 Å². The SMILES string of the molecule is COC(CN)(OC)c1c(C)cc(C)cc1C. The minimum atomic E-state index is -0.831. The molecule has 0 unspecified atom stereocenters. The van der Waals surface area contributed by atoms with Crippen LogP contribution in [0, 0.1) is 20.8 Å². The number of hydrogen-bond donors (Lipinski definition) is 1. The molecule has 0 saturated carbocycles. The number of benzene rings is 1. The Balaban J connectivity index is 3.40. The lowest BCUT2D eigenvalue weighted by Crippen LogP contribution is -2.40. The standard InChI is InChI=1S/C13H21NO2/c1-9-6-10(2)12(11(3)7-9)13(8-14,15-4)16-5/h6-7H,8,14H2,1-5H3. The number of aryl methyl sites for hydroxylation is 3. The zero-order valence-corrected chi connectivity index (χ0v) is 10.8. The highest BCUT2D eigenvalue weighted by molar-refractivity contribution is 5.40. The Bertz CT molecular complexity index is 339. The molecular weight excluding hydrogens is 202 g/mol. The minimum absolute atomic E-state index is 0.296. The Labute approximate surface area is 97.6 Å². The Morgan fingerprint density at radius 1 is 1.06 bits per heavy atom. The zero-order chi connectivity index (χ0) is 12.3. The normalized spacial score (nSPS) is 11.9. The van der Waals surface area contributed by atoms with Gasteiger partial charge in [-0.2, -0.15) is 0 Å². The summed E-state index contributed by atoms with van der Waals surface area (Å²) in [5.41, 5.74) is 10.3. The van der Waals surface area contributed by atoms with Crippen LogP contribution in [0.15, 0.2) is 12.1 Å². The van der Waals surface area contributed by atoms with Crippen LogP contribution in [0.4, 0.5) is 0 Å². The first-order valence-electron chi connectivity index (χ1n) is 5.39. The van der Waals surface area contributed by atoms with Crippen LogP contribution in [0.5, 0.6) is 0 Å². The lowest BCUT2D eigenvalue weighted by atomic mass is 9.93. The maximum absolute atomic E-state index is 5.79. The summed E-state index contributed by atoms with van der Waals surface area (Å²) >= 11 is 0. The van der Waals surface area contributed by atoms with Gasteiger partial charge in [0.05, 0.1) is 6.54 Å². The Morgan fingerprint density at radius 3 is 1.81 bits per heavy atom. The van der Waals surface area contributed by atoms with Crippen molar-refractivity contribution >= 4 is 0 Å². The summed E-state index contributed by atoms with van der Waals surface area (Å²) in [5, 5.41) is 0. The van der Waals surface area contributed by atoms with Crippen molar-refractivity contribution in [3.63, 3.8) is 0 Å². The first-order chi connectivity index (χ1) is 7.50.